The molecule has 0 N–H and O–H groups in total. The van der Waals surface area contributed by atoms with E-state index in [1.165, 1.54) is 18.8 Å². The molecule has 0 unspecified atom stereocenters. The summed E-state index contributed by atoms with van der Waals surface area (Å²) in [7, 11) is 3.02. The molecule has 3 aromatic rings. The summed E-state index contributed by atoms with van der Waals surface area (Å²) in [5.41, 5.74) is 0.884. The molecule has 3 rings (SSSR count). The van der Waals surface area contributed by atoms with Crippen LogP contribution < -0.4 is 15.0 Å². The van der Waals surface area contributed by atoms with E-state index in [2.05, 4.69) is 4.98 Å². The van der Waals surface area contributed by atoms with Crippen molar-refractivity contribution in [1.82, 2.24) is 9.55 Å². The number of ether oxygens (including phenoxy) is 2. The second-order valence-corrected chi connectivity index (χ2v) is 7.27. The van der Waals surface area contributed by atoms with E-state index < -0.39 is 12.6 Å². The Balaban J connectivity index is 2.01. The van der Waals surface area contributed by atoms with Gasteiger partial charge in [-0.15, -0.1) is 0 Å². The standard InChI is InChI=1S/C20H19F3N2O3S/c1-27-16-8-7-13(11-17(16)28-2)12-25-18(26)14-5-3-4-6-15(14)24-19(25)29-10-9-20(21,22)23/h3-8,11H,9-10,12H2,1-2H3. The first-order valence-electron chi connectivity index (χ1n) is 8.72. The third-order valence-electron chi connectivity index (χ3n) is 4.23. The van der Waals surface area contributed by atoms with Crippen molar-refractivity contribution in [3.8, 4) is 11.5 Å². The third kappa shape index (κ3) is 5.03. The highest BCUT2D eigenvalue weighted by molar-refractivity contribution is 7.99. The Labute approximate surface area is 169 Å². The highest BCUT2D eigenvalue weighted by Gasteiger charge is 2.27. The number of hydrogen-bond acceptors (Lipinski definition) is 5. The minimum atomic E-state index is -4.27. The van der Waals surface area contributed by atoms with Crippen molar-refractivity contribution in [1.29, 1.82) is 0 Å². The molecule has 0 atom stereocenters. The summed E-state index contributed by atoms with van der Waals surface area (Å²) < 4.78 is 49.6. The number of thioether (sulfide) groups is 1. The SMILES string of the molecule is COc1ccc(Cn2c(SCCC(F)(F)F)nc3ccccc3c2=O)cc1OC. The van der Waals surface area contributed by atoms with Crippen LogP contribution in [0.3, 0.4) is 0 Å². The highest BCUT2D eigenvalue weighted by atomic mass is 32.2. The molecule has 1 aromatic heterocycles. The lowest BCUT2D eigenvalue weighted by atomic mass is 10.2. The van der Waals surface area contributed by atoms with Crippen LogP contribution in [-0.4, -0.2) is 35.7 Å². The van der Waals surface area contributed by atoms with Crippen LogP contribution in [0.5, 0.6) is 11.5 Å². The van der Waals surface area contributed by atoms with Gasteiger partial charge in [0.15, 0.2) is 16.7 Å². The predicted molar refractivity (Wildman–Crippen MR) is 106 cm³/mol. The van der Waals surface area contributed by atoms with Crippen LogP contribution in [0.4, 0.5) is 13.2 Å². The van der Waals surface area contributed by atoms with Crippen LogP contribution in [0.25, 0.3) is 10.9 Å². The molecule has 0 saturated carbocycles. The zero-order chi connectivity index (χ0) is 21.0. The highest BCUT2D eigenvalue weighted by Crippen LogP contribution is 2.29. The summed E-state index contributed by atoms with van der Waals surface area (Å²) in [5, 5.41) is 0.654. The molecule has 0 aliphatic carbocycles. The monoisotopic (exact) mass is 424 g/mol. The van der Waals surface area contributed by atoms with Gasteiger partial charge in [0, 0.05) is 5.75 Å². The van der Waals surface area contributed by atoms with Gasteiger partial charge in [-0.2, -0.15) is 13.2 Å². The zero-order valence-corrected chi connectivity index (χ0v) is 16.6. The second-order valence-electron chi connectivity index (χ2n) is 6.21. The van der Waals surface area contributed by atoms with Crippen LogP contribution in [0.15, 0.2) is 52.4 Å². The molecule has 0 bridgehead atoms. The molecule has 0 saturated heterocycles. The Hall–Kier alpha value is -2.68. The maximum Gasteiger partial charge on any atom is 0.389 e. The van der Waals surface area contributed by atoms with Crippen molar-refractivity contribution < 1.29 is 22.6 Å². The van der Waals surface area contributed by atoms with Crippen molar-refractivity contribution >= 4 is 22.7 Å². The number of benzene rings is 2. The number of halogens is 3. The van der Waals surface area contributed by atoms with Gasteiger partial charge < -0.3 is 9.47 Å². The number of nitrogens with zero attached hydrogens (tertiary/aromatic N) is 2. The quantitative estimate of drug-likeness (QED) is 0.413. The number of hydrogen-bond donors (Lipinski definition) is 0. The fourth-order valence-corrected chi connectivity index (χ4v) is 3.80. The number of aromatic nitrogens is 2. The summed E-state index contributed by atoms with van der Waals surface area (Å²) in [5.74, 6) is 0.818. The molecule has 0 spiro atoms. The maximum absolute atomic E-state index is 13.0. The van der Waals surface area contributed by atoms with E-state index in [-0.39, 0.29) is 23.0 Å². The van der Waals surface area contributed by atoms with E-state index >= 15 is 0 Å². The largest absolute Gasteiger partial charge is 0.493 e. The van der Waals surface area contributed by atoms with E-state index in [9.17, 15) is 18.0 Å². The first-order chi connectivity index (χ1) is 13.8. The van der Waals surface area contributed by atoms with Gasteiger partial charge >= 0.3 is 6.18 Å². The van der Waals surface area contributed by atoms with Crippen molar-refractivity contribution in [3.05, 3.63) is 58.4 Å². The van der Waals surface area contributed by atoms with Gasteiger partial charge in [-0.05, 0) is 29.8 Å². The normalized spacial score (nSPS) is 11.6. The molecular formula is C20H19F3N2O3S. The number of methoxy groups -OCH3 is 2. The molecule has 29 heavy (non-hydrogen) atoms. The van der Waals surface area contributed by atoms with E-state index in [4.69, 9.17) is 9.47 Å². The Morgan fingerprint density at radius 1 is 1.07 bits per heavy atom. The van der Waals surface area contributed by atoms with Gasteiger partial charge in [0.1, 0.15) is 0 Å². The van der Waals surface area contributed by atoms with Gasteiger partial charge in [0.25, 0.3) is 5.56 Å². The van der Waals surface area contributed by atoms with E-state index in [0.29, 0.717) is 22.4 Å². The summed E-state index contributed by atoms with van der Waals surface area (Å²) in [6, 6.07) is 12.0. The molecule has 5 nitrogen and oxygen atoms in total. The molecular weight excluding hydrogens is 405 g/mol. The number of fused-ring (bicyclic) bond motifs is 1. The summed E-state index contributed by atoms with van der Waals surface area (Å²) in [4.78, 5) is 17.5. The van der Waals surface area contributed by atoms with Gasteiger partial charge in [-0.3, -0.25) is 9.36 Å². The third-order valence-corrected chi connectivity index (χ3v) is 5.21. The molecule has 154 valence electrons. The second kappa shape index (κ2) is 8.77. The molecule has 9 heteroatoms. The van der Waals surface area contributed by atoms with Crippen molar-refractivity contribution in [3.63, 3.8) is 0 Å². The first-order valence-corrected chi connectivity index (χ1v) is 9.71. The first kappa shape index (κ1) is 21.0. The number of alkyl halides is 3. The average molecular weight is 424 g/mol. The van der Waals surface area contributed by atoms with Crippen LogP contribution in [0.2, 0.25) is 0 Å². The van der Waals surface area contributed by atoms with Crippen LogP contribution in [0, 0.1) is 0 Å². The smallest absolute Gasteiger partial charge is 0.389 e. The summed E-state index contributed by atoms with van der Waals surface area (Å²) >= 11 is 0.916. The van der Waals surface area contributed by atoms with Crippen molar-refractivity contribution in [2.24, 2.45) is 0 Å². The Morgan fingerprint density at radius 2 is 1.79 bits per heavy atom. The number of para-hydroxylation sites is 1. The lowest BCUT2D eigenvalue weighted by Gasteiger charge is -2.15. The average Bonchev–Trinajstić information content (AvgIpc) is 2.69. The fraction of sp³-hybridized carbons (Fsp3) is 0.300. The summed E-state index contributed by atoms with van der Waals surface area (Å²) in [6.07, 6.45) is -5.23. The fourth-order valence-electron chi connectivity index (χ4n) is 2.82. The van der Waals surface area contributed by atoms with Crippen molar-refractivity contribution in [2.75, 3.05) is 20.0 Å². The zero-order valence-electron chi connectivity index (χ0n) is 15.8. The minimum Gasteiger partial charge on any atom is -0.493 e. The van der Waals surface area contributed by atoms with Crippen LogP contribution >= 0.6 is 11.8 Å². The maximum atomic E-state index is 13.0. The van der Waals surface area contributed by atoms with Crippen LogP contribution in [-0.2, 0) is 6.54 Å². The van der Waals surface area contributed by atoms with Gasteiger partial charge in [-0.1, -0.05) is 30.0 Å². The van der Waals surface area contributed by atoms with E-state index in [0.717, 1.165) is 17.3 Å². The molecule has 0 amide bonds. The lowest BCUT2D eigenvalue weighted by molar-refractivity contribution is -0.129. The topological polar surface area (TPSA) is 53.4 Å². The molecule has 0 radical (unpaired) electrons. The van der Waals surface area contributed by atoms with Gasteiger partial charge in [0.2, 0.25) is 0 Å². The van der Waals surface area contributed by atoms with Crippen molar-refractivity contribution in [2.45, 2.75) is 24.3 Å². The molecule has 2 aromatic carbocycles. The Kier molecular flexibility index (Phi) is 6.36. The summed E-state index contributed by atoms with van der Waals surface area (Å²) in [6.45, 7) is 0.144. The minimum absolute atomic E-state index is 0.144. The molecule has 0 aliphatic rings. The molecule has 0 fully saturated rings. The van der Waals surface area contributed by atoms with E-state index in [1.54, 1.807) is 42.5 Å². The Bertz CT molecular complexity index is 1070. The van der Waals surface area contributed by atoms with Gasteiger partial charge in [0.05, 0.1) is 38.1 Å². The van der Waals surface area contributed by atoms with Crippen LogP contribution in [0.1, 0.15) is 12.0 Å². The van der Waals surface area contributed by atoms with Gasteiger partial charge in [-0.25, -0.2) is 4.98 Å². The molecule has 0 aliphatic heterocycles. The Morgan fingerprint density at radius 3 is 2.48 bits per heavy atom. The van der Waals surface area contributed by atoms with E-state index in [1.807, 2.05) is 0 Å². The predicted octanol–water partition coefficient (Wildman–Crippen LogP) is 4.51. The lowest BCUT2D eigenvalue weighted by Crippen LogP contribution is -2.24. The molecule has 1 heterocycles. The number of rotatable bonds is 7.